The Bertz CT molecular complexity index is 966. The second-order valence-corrected chi connectivity index (χ2v) is 5.87. The molecule has 0 aliphatic heterocycles. The maximum Gasteiger partial charge on any atom is 0.242 e. The van der Waals surface area contributed by atoms with E-state index in [1.165, 1.54) is 10.9 Å². The number of hydrogen-bond acceptors (Lipinski definition) is 4. The molecule has 0 saturated carbocycles. The van der Waals surface area contributed by atoms with Crippen molar-refractivity contribution in [1.82, 2.24) is 15.1 Å². The third-order valence-corrected chi connectivity index (χ3v) is 4.11. The van der Waals surface area contributed by atoms with Gasteiger partial charge in [-0.1, -0.05) is 36.4 Å². The van der Waals surface area contributed by atoms with Crippen molar-refractivity contribution in [3.8, 4) is 0 Å². The molecule has 6 nitrogen and oxygen atoms in total. The van der Waals surface area contributed by atoms with Crippen LogP contribution in [0.1, 0.15) is 18.1 Å². The van der Waals surface area contributed by atoms with E-state index in [1.807, 2.05) is 37.3 Å². The lowest BCUT2D eigenvalue weighted by molar-refractivity contribution is -0.121. The van der Waals surface area contributed by atoms with Crippen molar-refractivity contribution in [2.24, 2.45) is 0 Å². The summed E-state index contributed by atoms with van der Waals surface area (Å²) in [5, 5.41) is 7.55. The molecule has 0 saturated heterocycles. The summed E-state index contributed by atoms with van der Waals surface area (Å²) in [5.74, 6) is -0.169. The van der Waals surface area contributed by atoms with Crippen LogP contribution in [-0.2, 0) is 29.2 Å². The van der Waals surface area contributed by atoms with Gasteiger partial charge in [-0.25, -0.2) is 0 Å². The number of carbonyl (C=O) groups is 1. The normalized spacial score (nSPS) is 10.8. The fraction of sp³-hybridized carbons (Fsp3) is 0.250. The molecule has 0 fully saturated rings. The Balaban J connectivity index is 1.69. The summed E-state index contributed by atoms with van der Waals surface area (Å²) in [4.78, 5) is 24.2. The molecule has 0 unspecified atom stereocenters. The summed E-state index contributed by atoms with van der Waals surface area (Å²) in [5.41, 5.74) is 2.57. The first-order chi connectivity index (χ1) is 12.7. The smallest absolute Gasteiger partial charge is 0.242 e. The second kappa shape index (κ2) is 8.40. The van der Waals surface area contributed by atoms with Gasteiger partial charge in [-0.2, -0.15) is 5.10 Å². The Labute approximate surface area is 151 Å². The molecular weight excluding hydrogens is 330 g/mol. The number of amides is 1. The Morgan fingerprint density at radius 2 is 1.85 bits per heavy atom. The van der Waals surface area contributed by atoms with E-state index in [2.05, 4.69) is 10.4 Å². The molecule has 0 aliphatic carbocycles. The monoisotopic (exact) mass is 351 g/mol. The number of nitrogens with zero attached hydrogens (tertiary/aromatic N) is 2. The zero-order valence-corrected chi connectivity index (χ0v) is 14.6. The third kappa shape index (κ3) is 4.15. The quantitative estimate of drug-likeness (QED) is 0.709. The lowest BCUT2D eigenvalue weighted by Crippen LogP contribution is -2.29. The number of benzene rings is 2. The van der Waals surface area contributed by atoms with Gasteiger partial charge < -0.3 is 10.1 Å². The van der Waals surface area contributed by atoms with Crippen molar-refractivity contribution in [2.45, 2.75) is 26.6 Å². The highest BCUT2D eigenvalue weighted by Gasteiger charge is 2.09. The molecule has 0 radical (unpaired) electrons. The van der Waals surface area contributed by atoms with Crippen LogP contribution in [0.2, 0.25) is 0 Å². The van der Waals surface area contributed by atoms with Crippen LogP contribution in [0.25, 0.3) is 10.9 Å². The average Bonchev–Trinajstić information content (AvgIpc) is 2.68. The minimum Gasteiger partial charge on any atom is -0.377 e. The first-order valence-electron chi connectivity index (χ1n) is 8.55. The van der Waals surface area contributed by atoms with E-state index in [4.69, 9.17) is 4.74 Å². The molecule has 6 heteroatoms. The van der Waals surface area contributed by atoms with Gasteiger partial charge in [0, 0.05) is 18.5 Å². The zero-order valence-electron chi connectivity index (χ0n) is 14.6. The van der Waals surface area contributed by atoms with Crippen molar-refractivity contribution in [3.05, 3.63) is 76.1 Å². The molecule has 1 amide bonds. The van der Waals surface area contributed by atoms with Crippen molar-refractivity contribution < 1.29 is 9.53 Å². The van der Waals surface area contributed by atoms with Gasteiger partial charge in [-0.05, 0) is 30.2 Å². The summed E-state index contributed by atoms with van der Waals surface area (Å²) < 4.78 is 7.01. The molecular formula is C20H21N3O3. The van der Waals surface area contributed by atoms with E-state index < -0.39 is 0 Å². The van der Waals surface area contributed by atoms with Crippen LogP contribution in [0, 0.1) is 0 Å². The summed E-state index contributed by atoms with van der Waals surface area (Å²) in [6.45, 7) is 3.58. The van der Waals surface area contributed by atoms with Gasteiger partial charge in [-0.3, -0.25) is 14.3 Å². The molecule has 3 aromatic rings. The van der Waals surface area contributed by atoms with Crippen LogP contribution < -0.4 is 10.7 Å². The number of hydrogen-bond donors (Lipinski definition) is 1. The van der Waals surface area contributed by atoms with Crippen molar-refractivity contribution in [2.75, 3.05) is 6.61 Å². The van der Waals surface area contributed by atoms with Crippen molar-refractivity contribution in [1.29, 1.82) is 0 Å². The second-order valence-electron chi connectivity index (χ2n) is 5.87. The van der Waals surface area contributed by atoms with Crippen LogP contribution in [-0.4, -0.2) is 22.3 Å². The van der Waals surface area contributed by atoms with E-state index in [-0.39, 0.29) is 17.9 Å². The molecule has 134 valence electrons. The maximum absolute atomic E-state index is 12.4. The van der Waals surface area contributed by atoms with E-state index in [0.29, 0.717) is 30.7 Å². The standard InChI is InChI=1S/C20H21N3O3/c1-2-26-14-16-8-4-3-7-15(16)11-21-20(25)13-23-18-10-6-5-9-17(18)19(24)12-22-23/h3-10,12H,2,11,13-14H2,1H3,(H,21,25). The highest BCUT2D eigenvalue weighted by atomic mass is 16.5. The minimum absolute atomic E-state index is 0.0500. The van der Waals surface area contributed by atoms with Crippen LogP contribution in [0.3, 0.4) is 0 Å². The number of rotatable bonds is 7. The fourth-order valence-corrected chi connectivity index (χ4v) is 2.76. The molecule has 2 aromatic carbocycles. The largest absolute Gasteiger partial charge is 0.377 e. The lowest BCUT2D eigenvalue weighted by Gasteiger charge is -2.12. The van der Waals surface area contributed by atoms with E-state index >= 15 is 0 Å². The predicted molar refractivity (Wildman–Crippen MR) is 99.6 cm³/mol. The molecule has 0 spiro atoms. The molecule has 26 heavy (non-hydrogen) atoms. The Hall–Kier alpha value is -2.99. The lowest BCUT2D eigenvalue weighted by atomic mass is 10.1. The predicted octanol–water partition coefficient (Wildman–Crippen LogP) is 2.25. The fourth-order valence-electron chi connectivity index (χ4n) is 2.76. The van der Waals surface area contributed by atoms with E-state index in [0.717, 1.165) is 11.1 Å². The molecule has 3 rings (SSSR count). The van der Waals surface area contributed by atoms with Gasteiger partial charge in [0.15, 0.2) is 0 Å². The van der Waals surface area contributed by atoms with Crippen LogP contribution >= 0.6 is 0 Å². The molecule has 1 N–H and O–H groups in total. The summed E-state index contributed by atoms with van der Waals surface area (Å²) in [6, 6.07) is 15.0. The summed E-state index contributed by atoms with van der Waals surface area (Å²) in [7, 11) is 0. The van der Waals surface area contributed by atoms with Gasteiger partial charge in [-0.15, -0.1) is 0 Å². The summed E-state index contributed by atoms with van der Waals surface area (Å²) in [6.07, 6.45) is 1.24. The van der Waals surface area contributed by atoms with Crippen LogP contribution in [0.15, 0.2) is 59.5 Å². The molecule has 1 heterocycles. The average molecular weight is 351 g/mol. The highest BCUT2D eigenvalue weighted by molar-refractivity contribution is 5.81. The van der Waals surface area contributed by atoms with Crippen LogP contribution in [0.4, 0.5) is 0 Å². The first-order valence-corrected chi connectivity index (χ1v) is 8.55. The maximum atomic E-state index is 12.4. The number of nitrogens with one attached hydrogen (secondary N) is 1. The van der Waals surface area contributed by atoms with Gasteiger partial charge in [0.05, 0.1) is 18.3 Å². The summed E-state index contributed by atoms with van der Waals surface area (Å²) >= 11 is 0. The number of carbonyl (C=O) groups excluding carboxylic acids is 1. The molecule has 0 aliphatic rings. The number of aromatic nitrogens is 2. The number of para-hydroxylation sites is 1. The van der Waals surface area contributed by atoms with Crippen molar-refractivity contribution >= 4 is 16.8 Å². The van der Waals surface area contributed by atoms with Gasteiger partial charge in [0.25, 0.3) is 0 Å². The zero-order chi connectivity index (χ0) is 18.4. The van der Waals surface area contributed by atoms with E-state index in [1.54, 1.807) is 18.2 Å². The van der Waals surface area contributed by atoms with Gasteiger partial charge in [0.2, 0.25) is 11.3 Å². The molecule has 1 aromatic heterocycles. The topological polar surface area (TPSA) is 73.2 Å². The van der Waals surface area contributed by atoms with Gasteiger partial charge in [0.1, 0.15) is 6.54 Å². The SMILES string of the molecule is CCOCc1ccccc1CNC(=O)Cn1ncc(=O)c2ccccc21. The minimum atomic E-state index is -0.169. The molecule has 0 bridgehead atoms. The Morgan fingerprint density at radius 1 is 1.12 bits per heavy atom. The Morgan fingerprint density at radius 3 is 2.65 bits per heavy atom. The highest BCUT2D eigenvalue weighted by Crippen LogP contribution is 2.10. The third-order valence-electron chi connectivity index (χ3n) is 4.11. The van der Waals surface area contributed by atoms with E-state index in [9.17, 15) is 9.59 Å². The molecule has 0 atom stereocenters. The van der Waals surface area contributed by atoms with Crippen molar-refractivity contribution in [3.63, 3.8) is 0 Å². The Kier molecular flexibility index (Phi) is 5.76. The number of fused-ring (bicyclic) bond motifs is 1. The number of ether oxygens (including phenoxy) is 1. The van der Waals surface area contributed by atoms with Crippen LogP contribution in [0.5, 0.6) is 0 Å². The van der Waals surface area contributed by atoms with Gasteiger partial charge >= 0.3 is 0 Å². The first kappa shape index (κ1) is 17.8.